The van der Waals surface area contributed by atoms with Gasteiger partial charge in [0.1, 0.15) is 12.2 Å². The van der Waals surface area contributed by atoms with Gasteiger partial charge >= 0.3 is 5.97 Å². The summed E-state index contributed by atoms with van der Waals surface area (Å²) in [5.41, 5.74) is 3.22. The zero-order chi connectivity index (χ0) is 23.9. The molecule has 4 rings (SSSR count). The van der Waals surface area contributed by atoms with Crippen molar-refractivity contribution in [1.82, 2.24) is 0 Å². The molecule has 0 radical (unpaired) electrons. The number of anilines is 1. The predicted molar refractivity (Wildman–Crippen MR) is 124 cm³/mol. The molecule has 2 aliphatic rings. The highest BCUT2D eigenvalue weighted by Gasteiger charge is 2.46. The van der Waals surface area contributed by atoms with Crippen LogP contribution in [-0.4, -0.2) is 43.3 Å². The first-order chi connectivity index (χ1) is 15.7. The summed E-state index contributed by atoms with van der Waals surface area (Å²) in [5, 5.41) is 9.59. The standard InChI is InChI=1S/C26H31NO6/c1-26(2,3)20-13-12-15-8-6-9-16-22(15)27(20)25(30)19(14-21(28)29)33-23(16)17-10-7-11-18(31-4)24(17)32-5/h6-11,19-20,23H,12-14H2,1-5H3,(H,28,29)/t19-,20+,23+/m1/s1. The van der Waals surface area contributed by atoms with E-state index in [1.165, 1.54) is 0 Å². The highest BCUT2D eigenvalue weighted by atomic mass is 16.5. The van der Waals surface area contributed by atoms with Crippen LogP contribution in [0.25, 0.3) is 0 Å². The summed E-state index contributed by atoms with van der Waals surface area (Å²) in [6.07, 6.45) is -0.606. The van der Waals surface area contributed by atoms with Crippen LogP contribution in [0.15, 0.2) is 36.4 Å². The van der Waals surface area contributed by atoms with E-state index in [-0.39, 0.29) is 17.4 Å². The Kier molecular flexibility index (Phi) is 6.10. The van der Waals surface area contributed by atoms with Gasteiger partial charge in [0.25, 0.3) is 5.91 Å². The Bertz CT molecular complexity index is 1070. The van der Waals surface area contributed by atoms with Crippen molar-refractivity contribution in [2.45, 2.75) is 58.3 Å². The quantitative estimate of drug-likeness (QED) is 0.724. The average Bonchev–Trinajstić information content (AvgIpc) is 2.89. The summed E-state index contributed by atoms with van der Waals surface area (Å²) in [6, 6.07) is 11.4. The first-order valence-electron chi connectivity index (χ1n) is 11.2. The number of nitrogens with zero attached hydrogens (tertiary/aromatic N) is 1. The van der Waals surface area contributed by atoms with E-state index in [4.69, 9.17) is 14.2 Å². The van der Waals surface area contributed by atoms with Gasteiger partial charge in [0.15, 0.2) is 11.5 Å². The molecule has 0 unspecified atom stereocenters. The Balaban J connectivity index is 1.98. The summed E-state index contributed by atoms with van der Waals surface area (Å²) < 4.78 is 17.5. The number of para-hydroxylation sites is 2. The van der Waals surface area contributed by atoms with Crippen molar-refractivity contribution in [2.75, 3.05) is 19.1 Å². The van der Waals surface area contributed by atoms with E-state index in [9.17, 15) is 14.7 Å². The Hall–Kier alpha value is -3.06. The largest absolute Gasteiger partial charge is 0.493 e. The molecule has 0 saturated carbocycles. The molecular formula is C26H31NO6. The zero-order valence-electron chi connectivity index (χ0n) is 19.8. The highest BCUT2D eigenvalue weighted by molar-refractivity contribution is 6.01. The first kappa shape index (κ1) is 23.1. The van der Waals surface area contributed by atoms with Gasteiger partial charge in [0.05, 0.1) is 26.3 Å². The number of carbonyl (C=O) groups excluding carboxylic acids is 1. The van der Waals surface area contributed by atoms with Crippen molar-refractivity contribution < 1.29 is 28.9 Å². The number of carboxylic acid groups (broad SMARTS) is 1. The number of hydrogen-bond acceptors (Lipinski definition) is 5. The van der Waals surface area contributed by atoms with Crippen LogP contribution >= 0.6 is 0 Å². The molecule has 2 aromatic carbocycles. The number of ether oxygens (including phenoxy) is 3. The lowest BCUT2D eigenvalue weighted by Crippen LogP contribution is -2.53. The maximum Gasteiger partial charge on any atom is 0.306 e. The second-order valence-electron chi connectivity index (χ2n) is 9.67. The van der Waals surface area contributed by atoms with Gasteiger partial charge in [-0.2, -0.15) is 0 Å². The first-order valence-corrected chi connectivity index (χ1v) is 11.2. The van der Waals surface area contributed by atoms with E-state index in [2.05, 4.69) is 20.8 Å². The Morgan fingerprint density at radius 3 is 2.45 bits per heavy atom. The van der Waals surface area contributed by atoms with Crippen molar-refractivity contribution >= 4 is 17.6 Å². The molecular weight excluding hydrogens is 422 g/mol. The molecule has 2 heterocycles. The average molecular weight is 454 g/mol. The number of amides is 1. The molecule has 33 heavy (non-hydrogen) atoms. The molecule has 0 spiro atoms. The lowest BCUT2D eigenvalue weighted by atomic mass is 9.78. The summed E-state index contributed by atoms with van der Waals surface area (Å²) >= 11 is 0. The fourth-order valence-corrected chi connectivity index (χ4v) is 5.08. The molecule has 0 aliphatic carbocycles. The van der Waals surface area contributed by atoms with Crippen LogP contribution < -0.4 is 14.4 Å². The van der Waals surface area contributed by atoms with Gasteiger partial charge in [-0.05, 0) is 29.9 Å². The van der Waals surface area contributed by atoms with Gasteiger partial charge in [-0.1, -0.05) is 51.1 Å². The number of benzene rings is 2. The van der Waals surface area contributed by atoms with E-state index >= 15 is 0 Å². The van der Waals surface area contributed by atoms with Crippen LogP contribution in [0.5, 0.6) is 11.5 Å². The van der Waals surface area contributed by atoms with Crippen LogP contribution in [0.2, 0.25) is 0 Å². The fourth-order valence-electron chi connectivity index (χ4n) is 5.08. The lowest BCUT2D eigenvalue weighted by Gasteiger charge is -2.44. The fraction of sp³-hybridized carbons (Fsp3) is 0.462. The van der Waals surface area contributed by atoms with E-state index in [1.54, 1.807) is 20.3 Å². The van der Waals surface area contributed by atoms with Crippen molar-refractivity contribution in [3.8, 4) is 11.5 Å². The minimum absolute atomic E-state index is 0.0792. The van der Waals surface area contributed by atoms with Crippen LogP contribution in [0.3, 0.4) is 0 Å². The van der Waals surface area contributed by atoms with Crippen LogP contribution in [0, 0.1) is 5.41 Å². The molecule has 1 amide bonds. The minimum Gasteiger partial charge on any atom is -0.493 e. The molecule has 0 saturated heterocycles. The van der Waals surface area contributed by atoms with Gasteiger partial charge in [0, 0.05) is 17.2 Å². The van der Waals surface area contributed by atoms with Crippen molar-refractivity contribution in [2.24, 2.45) is 5.41 Å². The van der Waals surface area contributed by atoms with Gasteiger partial charge < -0.3 is 24.2 Å². The minimum atomic E-state index is -1.13. The molecule has 7 heteroatoms. The van der Waals surface area contributed by atoms with Crippen molar-refractivity contribution in [3.63, 3.8) is 0 Å². The number of methoxy groups -OCH3 is 2. The van der Waals surface area contributed by atoms with Gasteiger partial charge in [0.2, 0.25) is 0 Å². The summed E-state index contributed by atoms with van der Waals surface area (Å²) in [7, 11) is 3.12. The normalized spacial score (nSPS) is 22.4. The molecule has 1 N–H and O–H groups in total. The Morgan fingerprint density at radius 2 is 1.82 bits per heavy atom. The highest BCUT2D eigenvalue weighted by Crippen LogP contribution is 2.49. The van der Waals surface area contributed by atoms with Crippen LogP contribution in [-0.2, 0) is 20.7 Å². The van der Waals surface area contributed by atoms with Crippen LogP contribution in [0.4, 0.5) is 5.69 Å². The topological polar surface area (TPSA) is 85.3 Å². The zero-order valence-corrected chi connectivity index (χ0v) is 19.8. The maximum absolute atomic E-state index is 13.9. The number of aliphatic carboxylic acids is 1. The lowest BCUT2D eigenvalue weighted by molar-refractivity contribution is -0.147. The van der Waals surface area contributed by atoms with E-state index in [0.29, 0.717) is 17.1 Å². The third kappa shape index (κ3) is 4.06. The smallest absolute Gasteiger partial charge is 0.306 e. The van der Waals surface area contributed by atoms with E-state index < -0.39 is 24.6 Å². The molecule has 0 bridgehead atoms. The number of carbonyl (C=O) groups is 2. The maximum atomic E-state index is 13.9. The molecule has 2 aliphatic heterocycles. The number of rotatable bonds is 5. The van der Waals surface area contributed by atoms with E-state index in [0.717, 1.165) is 29.7 Å². The molecule has 3 atom stereocenters. The number of aryl methyl sites for hydroxylation is 1. The summed E-state index contributed by atoms with van der Waals surface area (Å²) in [6.45, 7) is 6.33. The number of hydrogen-bond donors (Lipinski definition) is 1. The van der Waals surface area contributed by atoms with Crippen molar-refractivity contribution in [3.05, 3.63) is 53.1 Å². The second-order valence-corrected chi connectivity index (χ2v) is 9.67. The molecule has 2 aromatic rings. The third-order valence-corrected chi connectivity index (χ3v) is 6.56. The van der Waals surface area contributed by atoms with E-state index in [1.807, 2.05) is 35.2 Å². The second kappa shape index (κ2) is 8.71. The monoisotopic (exact) mass is 453 g/mol. The Morgan fingerprint density at radius 1 is 1.12 bits per heavy atom. The Labute approximate surface area is 194 Å². The predicted octanol–water partition coefficient (Wildman–Crippen LogP) is 4.36. The number of carboxylic acids is 1. The SMILES string of the molecule is COc1cccc([C@H]2O[C@H](CC(=O)O)C(=O)N3c4c(cccc42)CC[C@H]3C(C)(C)C)c1OC. The molecule has 7 nitrogen and oxygen atoms in total. The van der Waals surface area contributed by atoms with Crippen LogP contribution in [0.1, 0.15) is 56.4 Å². The van der Waals surface area contributed by atoms with Gasteiger partial charge in [-0.15, -0.1) is 0 Å². The van der Waals surface area contributed by atoms with Crippen molar-refractivity contribution in [1.29, 1.82) is 0 Å². The summed E-state index contributed by atoms with van der Waals surface area (Å²) in [4.78, 5) is 27.4. The van der Waals surface area contributed by atoms with Gasteiger partial charge in [-0.25, -0.2) is 0 Å². The molecule has 0 fully saturated rings. The molecule has 176 valence electrons. The molecule has 0 aromatic heterocycles. The third-order valence-electron chi connectivity index (χ3n) is 6.56. The summed E-state index contributed by atoms with van der Waals surface area (Å²) in [5.74, 6) is -0.353. The van der Waals surface area contributed by atoms with Gasteiger partial charge in [-0.3, -0.25) is 9.59 Å².